The third-order valence-electron chi connectivity index (χ3n) is 4.13. The first-order chi connectivity index (χ1) is 9.73. The summed E-state index contributed by atoms with van der Waals surface area (Å²) in [6.07, 6.45) is 0. The fourth-order valence-corrected chi connectivity index (χ4v) is 4.13. The molecule has 3 atom stereocenters. The normalized spacial score (nSPS) is 24.4. The molecule has 3 unspecified atom stereocenters. The van der Waals surface area contributed by atoms with Gasteiger partial charge in [-0.2, -0.15) is 0 Å². The molecule has 116 valence electrons. The molecule has 1 aliphatic rings. The average molecular weight is 308 g/mol. The van der Waals surface area contributed by atoms with Crippen LogP contribution >= 0.6 is 11.3 Å². The van der Waals surface area contributed by atoms with Crippen LogP contribution in [0.2, 0.25) is 0 Å². The maximum atomic E-state index is 12.6. The first kappa shape index (κ1) is 16.0. The number of carbonyl (C=O) groups is 2. The van der Waals surface area contributed by atoms with Crippen molar-refractivity contribution in [2.45, 2.75) is 59.7 Å². The number of aryl methyl sites for hydroxylation is 2. The maximum Gasteiger partial charge on any atom is 0.246 e. The zero-order valence-corrected chi connectivity index (χ0v) is 14.4. The van der Waals surface area contributed by atoms with Gasteiger partial charge in [0.15, 0.2) is 0 Å². The lowest BCUT2D eigenvalue weighted by molar-refractivity contribution is -0.153. The van der Waals surface area contributed by atoms with Gasteiger partial charge >= 0.3 is 0 Å². The van der Waals surface area contributed by atoms with Crippen molar-refractivity contribution in [3.05, 3.63) is 21.4 Å². The van der Waals surface area contributed by atoms with Crippen LogP contribution in [0.1, 0.15) is 49.1 Å². The van der Waals surface area contributed by atoms with Crippen LogP contribution in [0.15, 0.2) is 6.07 Å². The molecule has 1 N–H and O–H groups in total. The zero-order chi connectivity index (χ0) is 15.9. The Bertz CT molecular complexity index is 565. The number of hydrogen-bond acceptors (Lipinski definition) is 3. The third kappa shape index (κ3) is 2.84. The van der Waals surface area contributed by atoms with Crippen LogP contribution in [0.4, 0.5) is 0 Å². The molecule has 1 fully saturated rings. The average Bonchev–Trinajstić information content (AvgIpc) is 2.71. The second-order valence-corrected chi connectivity index (χ2v) is 7.67. The molecule has 1 aliphatic heterocycles. The van der Waals surface area contributed by atoms with Crippen LogP contribution in [-0.4, -0.2) is 28.8 Å². The van der Waals surface area contributed by atoms with E-state index in [-0.39, 0.29) is 23.8 Å². The smallest absolute Gasteiger partial charge is 0.246 e. The molecule has 0 spiro atoms. The molecule has 0 aromatic carbocycles. The molecule has 5 heteroatoms. The van der Waals surface area contributed by atoms with Gasteiger partial charge < -0.3 is 10.2 Å². The van der Waals surface area contributed by atoms with Gasteiger partial charge in [0.2, 0.25) is 11.8 Å². The summed E-state index contributed by atoms with van der Waals surface area (Å²) in [5.41, 5.74) is 1.15. The molecule has 2 heterocycles. The number of amides is 2. The summed E-state index contributed by atoms with van der Waals surface area (Å²) in [6.45, 7) is 11.9. The van der Waals surface area contributed by atoms with Crippen molar-refractivity contribution >= 4 is 23.2 Å². The Balaban J connectivity index is 2.42. The number of nitrogens with one attached hydrogen (secondary N) is 1. The van der Waals surface area contributed by atoms with E-state index in [0.717, 1.165) is 5.56 Å². The van der Waals surface area contributed by atoms with Crippen LogP contribution in [-0.2, 0) is 9.59 Å². The highest BCUT2D eigenvalue weighted by molar-refractivity contribution is 7.12. The lowest BCUT2D eigenvalue weighted by atomic mass is 9.93. The van der Waals surface area contributed by atoms with Crippen LogP contribution in [0.25, 0.3) is 0 Å². The van der Waals surface area contributed by atoms with Gasteiger partial charge in [0, 0.05) is 9.75 Å². The lowest BCUT2D eigenvalue weighted by Crippen LogP contribution is -2.64. The molecule has 1 aromatic heterocycles. The quantitative estimate of drug-likeness (QED) is 0.933. The Labute approximate surface area is 130 Å². The molecule has 1 saturated heterocycles. The molecule has 2 rings (SSSR count). The van der Waals surface area contributed by atoms with E-state index >= 15 is 0 Å². The summed E-state index contributed by atoms with van der Waals surface area (Å²) in [5, 5.41) is 2.79. The Kier molecular flexibility index (Phi) is 4.42. The van der Waals surface area contributed by atoms with Crippen LogP contribution in [0.5, 0.6) is 0 Å². The predicted molar refractivity (Wildman–Crippen MR) is 85.3 cm³/mol. The lowest BCUT2D eigenvalue weighted by Gasteiger charge is -2.43. The monoisotopic (exact) mass is 308 g/mol. The molecule has 4 nitrogen and oxygen atoms in total. The molecule has 21 heavy (non-hydrogen) atoms. The van der Waals surface area contributed by atoms with Crippen molar-refractivity contribution in [3.63, 3.8) is 0 Å². The number of piperazine rings is 1. The second kappa shape index (κ2) is 5.79. The molecule has 2 amide bonds. The van der Waals surface area contributed by atoms with E-state index in [1.165, 1.54) is 9.75 Å². The van der Waals surface area contributed by atoms with Crippen molar-refractivity contribution in [1.29, 1.82) is 0 Å². The predicted octanol–water partition coefficient (Wildman–Crippen LogP) is 2.80. The number of nitrogens with zero attached hydrogens (tertiary/aromatic N) is 1. The highest BCUT2D eigenvalue weighted by Crippen LogP contribution is 2.34. The molecule has 0 radical (unpaired) electrons. The summed E-state index contributed by atoms with van der Waals surface area (Å²) in [6, 6.07) is 1.20. The van der Waals surface area contributed by atoms with Crippen LogP contribution < -0.4 is 5.32 Å². The molecular weight excluding hydrogens is 284 g/mol. The van der Waals surface area contributed by atoms with Gasteiger partial charge in [-0.05, 0) is 45.2 Å². The summed E-state index contributed by atoms with van der Waals surface area (Å²) in [4.78, 5) is 29.2. The highest BCUT2D eigenvalue weighted by Gasteiger charge is 2.43. The molecule has 0 bridgehead atoms. The third-order valence-corrected chi connectivity index (χ3v) is 5.11. The molecular formula is C16H24N2O2S. The Morgan fingerprint density at radius 1 is 1.24 bits per heavy atom. The largest absolute Gasteiger partial charge is 0.343 e. The first-order valence-electron chi connectivity index (χ1n) is 7.43. The Morgan fingerprint density at radius 3 is 2.33 bits per heavy atom. The van der Waals surface area contributed by atoms with Crippen molar-refractivity contribution in [2.75, 3.05) is 0 Å². The number of thiophene rings is 1. The SMILES string of the molecule is Cc1cc(C(C)N2C(=O)C(C)NC(=O)C2C(C)C)c(C)s1. The zero-order valence-electron chi connectivity index (χ0n) is 13.6. The van der Waals surface area contributed by atoms with E-state index in [4.69, 9.17) is 0 Å². The fourth-order valence-electron chi connectivity index (χ4n) is 3.12. The Hall–Kier alpha value is -1.36. The van der Waals surface area contributed by atoms with Gasteiger partial charge in [-0.1, -0.05) is 13.8 Å². The molecule has 1 aromatic rings. The fraction of sp³-hybridized carbons (Fsp3) is 0.625. The minimum atomic E-state index is -0.449. The number of rotatable bonds is 3. The standard InChI is InChI=1S/C16H24N2O2S/c1-8(2)14-15(19)17-10(4)16(20)18(14)11(5)13-7-9(3)21-12(13)6/h7-8,10-11,14H,1-6H3,(H,17,19). The summed E-state index contributed by atoms with van der Waals surface area (Å²) >= 11 is 1.74. The molecule has 0 saturated carbocycles. The molecule has 0 aliphatic carbocycles. The van der Waals surface area contributed by atoms with E-state index < -0.39 is 12.1 Å². The van der Waals surface area contributed by atoms with E-state index in [9.17, 15) is 9.59 Å². The van der Waals surface area contributed by atoms with Crippen molar-refractivity contribution in [1.82, 2.24) is 10.2 Å². The topological polar surface area (TPSA) is 49.4 Å². The van der Waals surface area contributed by atoms with Gasteiger partial charge in [0.05, 0.1) is 6.04 Å². The van der Waals surface area contributed by atoms with Crippen molar-refractivity contribution < 1.29 is 9.59 Å². The minimum Gasteiger partial charge on any atom is -0.343 e. The van der Waals surface area contributed by atoms with E-state index in [2.05, 4.69) is 25.2 Å². The van der Waals surface area contributed by atoms with Crippen molar-refractivity contribution in [3.8, 4) is 0 Å². The second-order valence-electron chi connectivity index (χ2n) is 6.21. The van der Waals surface area contributed by atoms with E-state index in [0.29, 0.717) is 0 Å². The van der Waals surface area contributed by atoms with Crippen molar-refractivity contribution in [2.24, 2.45) is 5.92 Å². The van der Waals surface area contributed by atoms with Gasteiger partial charge in [0.1, 0.15) is 12.1 Å². The van der Waals surface area contributed by atoms with Gasteiger partial charge in [-0.15, -0.1) is 11.3 Å². The highest BCUT2D eigenvalue weighted by atomic mass is 32.1. The number of carbonyl (C=O) groups excluding carboxylic acids is 2. The van der Waals surface area contributed by atoms with Gasteiger partial charge in [0.25, 0.3) is 0 Å². The number of hydrogen-bond donors (Lipinski definition) is 1. The van der Waals surface area contributed by atoms with Crippen LogP contribution in [0, 0.1) is 19.8 Å². The first-order valence-corrected chi connectivity index (χ1v) is 8.25. The summed E-state index contributed by atoms with van der Waals surface area (Å²) < 4.78 is 0. The van der Waals surface area contributed by atoms with E-state index in [1.54, 1.807) is 23.2 Å². The summed E-state index contributed by atoms with van der Waals surface area (Å²) in [7, 11) is 0. The minimum absolute atomic E-state index is 0.00375. The Morgan fingerprint density at radius 2 is 1.86 bits per heavy atom. The van der Waals surface area contributed by atoms with E-state index in [1.807, 2.05) is 20.8 Å². The summed E-state index contributed by atoms with van der Waals surface area (Å²) in [5.74, 6) is 0.0431. The maximum absolute atomic E-state index is 12.6. The van der Waals surface area contributed by atoms with Gasteiger partial charge in [-0.3, -0.25) is 9.59 Å². The van der Waals surface area contributed by atoms with Gasteiger partial charge in [-0.25, -0.2) is 0 Å². The van der Waals surface area contributed by atoms with Crippen LogP contribution in [0.3, 0.4) is 0 Å².